The number of halogens is 1. The van der Waals surface area contributed by atoms with Crippen LogP contribution in [0.5, 0.6) is 5.75 Å². The Morgan fingerprint density at radius 3 is 2.80 bits per heavy atom. The molecular weight excluding hydrogens is 261 g/mol. The third-order valence-electron chi connectivity index (χ3n) is 2.58. The lowest BCUT2D eigenvalue weighted by atomic mass is 10.2. The Morgan fingerprint density at radius 2 is 2.15 bits per heavy atom. The van der Waals surface area contributed by atoms with E-state index in [1.165, 1.54) is 12.1 Å². The minimum Gasteiger partial charge on any atom is -0.485 e. The highest BCUT2D eigenvalue weighted by atomic mass is 19.1. The largest absolute Gasteiger partial charge is 0.485 e. The van der Waals surface area contributed by atoms with Gasteiger partial charge in [-0.15, -0.1) is 0 Å². The predicted molar refractivity (Wildman–Crippen MR) is 71.7 cm³/mol. The maximum atomic E-state index is 13.5. The van der Waals surface area contributed by atoms with E-state index in [0.29, 0.717) is 30.1 Å². The van der Waals surface area contributed by atoms with E-state index < -0.39 is 0 Å². The number of aryl methyl sites for hydroxylation is 1. The van der Waals surface area contributed by atoms with Gasteiger partial charge in [0.05, 0.1) is 0 Å². The molecule has 2 aromatic rings. The monoisotopic (exact) mass is 279 g/mol. The molecule has 1 aromatic carbocycles. The molecule has 0 saturated carbocycles. The van der Waals surface area contributed by atoms with Crippen LogP contribution < -0.4 is 10.1 Å². The Labute approximate surface area is 117 Å². The molecule has 1 heterocycles. The first kappa shape index (κ1) is 14.5. The van der Waals surface area contributed by atoms with E-state index in [-0.39, 0.29) is 12.4 Å². The molecule has 0 atom stereocenters. The number of hydrogen-bond acceptors (Lipinski definition) is 5. The summed E-state index contributed by atoms with van der Waals surface area (Å²) in [6.07, 6.45) is 0. The van der Waals surface area contributed by atoms with Gasteiger partial charge in [0.25, 0.3) is 0 Å². The van der Waals surface area contributed by atoms with Crippen LogP contribution in [0.1, 0.15) is 31.1 Å². The maximum Gasteiger partial charge on any atom is 0.223 e. The van der Waals surface area contributed by atoms with Gasteiger partial charge in [-0.3, -0.25) is 0 Å². The van der Waals surface area contributed by atoms with Crippen LogP contribution in [-0.2, 0) is 13.2 Å². The predicted octanol–water partition coefficient (Wildman–Crippen LogP) is 2.59. The highest BCUT2D eigenvalue weighted by Gasteiger charge is 2.06. The molecular formula is C14H18FN3O2. The van der Waals surface area contributed by atoms with Gasteiger partial charge in [-0.1, -0.05) is 19.0 Å². The fraction of sp³-hybridized carbons (Fsp3) is 0.429. The Kier molecular flexibility index (Phi) is 4.68. The smallest absolute Gasteiger partial charge is 0.223 e. The van der Waals surface area contributed by atoms with Crippen molar-refractivity contribution in [3.05, 3.63) is 41.3 Å². The Balaban J connectivity index is 2.00. The molecule has 1 N–H and O–H groups in total. The van der Waals surface area contributed by atoms with Gasteiger partial charge in [-0.05, 0) is 17.7 Å². The van der Waals surface area contributed by atoms with Crippen LogP contribution in [0.4, 0.5) is 4.39 Å². The van der Waals surface area contributed by atoms with Crippen molar-refractivity contribution in [2.75, 3.05) is 0 Å². The van der Waals surface area contributed by atoms with E-state index in [1.54, 1.807) is 13.0 Å². The third-order valence-corrected chi connectivity index (χ3v) is 2.58. The number of ether oxygens (including phenoxy) is 1. The molecule has 108 valence electrons. The lowest BCUT2D eigenvalue weighted by Crippen LogP contribution is -2.21. The molecule has 6 heteroatoms. The van der Waals surface area contributed by atoms with E-state index in [9.17, 15) is 4.39 Å². The van der Waals surface area contributed by atoms with Gasteiger partial charge in [-0.25, -0.2) is 4.39 Å². The Morgan fingerprint density at radius 1 is 1.35 bits per heavy atom. The zero-order chi connectivity index (χ0) is 14.5. The number of hydrogen-bond donors (Lipinski definition) is 1. The lowest BCUT2D eigenvalue weighted by molar-refractivity contribution is 0.284. The van der Waals surface area contributed by atoms with Crippen molar-refractivity contribution >= 4 is 0 Å². The molecule has 20 heavy (non-hydrogen) atoms. The van der Waals surface area contributed by atoms with Crippen LogP contribution >= 0.6 is 0 Å². The summed E-state index contributed by atoms with van der Waals surface area (Å²) in [7, 11) is 0. The summed E-state index contributed by atoms with van der Waals surface area (Å²) >= 11 is 0. The summed E-state index contributed by atoms with van der Waals surface area (Å²) < 4.78 is 23.8. The highest BCUT2D eigenvalue weighted by molar-refractivity contribution is 5.29. The van der Waals surface area contributed by atoms with Crippen LogP contribution in [0.15, 0.2) is 22.7 Å². The summed E-state index contributed by atoms with van der Waals surface area (Å²) in [5.74, 6) is 1.04. The number of aromatic nitrogens is 2. The summed E-state index contributed by atoms with van der Waals surface area (Å²) in [5.41, 5.74) is 0.831. The second-order valence-electron chi connectivity index (χ2n) is 4.85. The molecule has 2 rings (SSSR count). The number of nitrogens with one attached hydrogen (secondary N) is 1. The van der Waals surface area contributed by atoms with E-state index in [2.05, 4.69) is 15.5 Å². The summed E-state index contributed by atoms with van der Waals surface area (Å²) in [5, 5.41) is 6.95. The second-order valence-corrected chi connectivity index (χ2v) is 4.85. The zero-order valence-corrected chi connectivity index (χ0v) is 11.8. The van der Waals surface area contributed by atoms with E-state index >= 15 is 0 Å². The molecule has 0 bridgehead atoms. The molecule has 0 radical (unpaired) electrons. The molecule has 1 aromatic heterocycles. The van der Waals surface area contributed by atoms with Gasteiger partial charge < -0.3 is 14.6 Å². The van der Waals surface area contributed by atoms with Gasteiger partial charge in [-0.2, -0.15) is 4.98 Å². The van der Waals surface area contributed by atoms with Gasteiger partial charge in [0.2, 0.25) is 11.7 Å². The lowest BCUT2D eigenvalue weighted by Gasteiger charge is -2.10. The van der Waals surface area contributed by atoms with Crippen molar-refractivity contribution in [2.24, 2.45) is 0 Å². The van der Waals surface area contributed by atoms with Crippen molar-refractivity contribution in [3.63, 3.8) is 0 Å². The molecule has 0 amide bonds. The molecule has 0 aliphatic carbocycles. The van der Waals surface area contributed by atoms with Gasteiger partial charge >= 0.3 is 0 Å². The number of rotatable bonds is 6. The van der Waals surface area contributed by atoms with Crippen molar-refractivity contribution in [3.8, 4) is 5.75 Å². The second kappa shape index (κ2) is 6.47. The summed E-state index contributed by atoms with van der Waals surface area (Å²) in [4.78, 5) is 4.02. The average Bonchev–Trinajstić information content (AvgIpc) is 2.79. The quantitative estimate of drug-likeness (QED) is 0.880. The topological polar surface area (TPSA) is 60.2 Å². The van der Waals surface area contributed by atoms with E-state index in [0.717, 1.165) is 5.56 Å². The van der Waals surface area contributed by atoms with Crippen LogP contribution in [-0.4, -0.2) is 16.2 Å². The normalized spacial score (nSPS) is 11.1. The number of nitrogens with zero attached hydrogens (tertiary/aromatic N) is 2. The van der Waals surface area contributed by atoms with Crippen LogP contribution in [0, 0.1) is 12.7 Å². The molecule has 5 nitrogen and oxygen atoms in total. The molecule has 0 aliphatic heterocycles. The zero-order valence-electron chi connectivity index (χ0n) is 11.8. The fourth-order valence-electron chi connectivity index (χ4n) is 1.68. The molecule has 0 unspecified atom stereocenters. The first-order valence-electron chi connectivity index (χ1n) is 6.48. The van der Waals surface area contributed by atoms with Gasteiger partial charge in [0.1, 0.15) is 11.6 Å². The third kappa shape index (κ3) is 4.31. The van der Waals surface area contributed by atoms with E-state index in [1.807, 2.05) is 13.8 Å². The standard InChI is InChI=1S/C14H18FN3O2/c1-9(2)16-7-11-4-12(15)6-13(5-11)19-8-14-17-10(3)20-18-14/h4-6,9,16H,7-8H2,1-3H3. The fourth-order valence-corrected chi connectivity index (χ4v) is 1.68. The average molecular weight is 279 g/mol. The van der Waals surface area contributed by atoms with Gasteiger partial charge in [0.15, 0.2) is 6.61 Å². The molecule has 0 saturated heterocycles. The molecule has 0 aliphatic rings. The van der Waals surface area contributed by atoms with E-state index in [4.69, 9.17) is 9.26 Å². The molecule has 0 fully saturated rings. The number of benzene rings is 1. The SMILES string of the molecule is Cc1nc(COc2cc(F)cc(CNC(C)C)c2)no1. The van der Waals surface area contributed by atoms with Crippen LogP contribution in [0.25, 0.3) is 0 Å². The maximum absolute atomic E-state index is 13.5. The summed E-state index contributed by atoms with van der Waals surface area (Å²) in [6, 6.07) is 4.96. The van der Waals surface area contributed by atoms with Crippen molar-refractivity contribution in [2.45, 2.75) is 40.0 Å². The first-order chi connectivity index (χ1) is 9.52. The Hall–Kier alpha value is -1.95. The highest BCUT2D eigenvalue weighted by Crippen LogP contribution is 2.17. The Bertz CT molecular complexity index is 569. The summed E-state index contributed by atoms with van der Waals surface area (Å²) in [6.45, 7) is 6.52. The van der Waals surface area contributed by atoms with Gasteiger partial charge in [0, 0.05) is 25.6 Å². The van der Waals surface area contributed by atoms with Crippen molar-refractivity contribution in [1.82, 2.24) is 15.5 Å². The van der Waals surface area contributed by atoms with Crippen molar-refractivity contribution < 1.29 is 13.7 Å². The van der Waals surface area contributed by atoms with Crippen LogP contribution in [0.3, 0.4) is 0 Å². The molecule has 0 spiro atoms. The van der Waals surface area contributed by atoms with Crippen LogP contribution in [0.2, 0.25) is 0 Å². The first-order valence-corrected chi connectivity index (χ1v) is 6.48. The van der Waals surface area contributed by atoms with Crippen molar-refractivity contribution in [1.29, 1.82) is 0 Å². The minimum absolute atomic E-state index is 0.151. The minimum atomic E-state index is -0.327.